The monoisotopic (exact) mass is 436 g/mol. The minimum atomic E-state index is -4.48. The number of alkyl halides is 3. The van der Waals surface area contributed by atoms with Crippen molar-refractivity contribution in [2.45, 2.75) is 13.1 Å². The maximum Gasteiger partial charge on any atom is 0.417 e. The number of aromatic amines is 1. The average molecular weight is 437 g/mol. The number of carbonyl (C=O) groups is 1. The molecule has 1 aromatic carbocycles. The van der Waals surface area contributed by atoms with Gasteiger partial charge in [0.2, 0.25) is 0 Å². The molecule has 2 aromatic heterocycles. The molecule has 1 aliphatic heterocycles. The molecule has 0 atom stereocenters. The van der Waals surface area contributed by atoms with Crippen molar-refractivity contribution in [3.63, 3.8) is 0 Å². The number of aryl methyl sites for hydroxylation is 1. The van der Waals surface area contributed by atoms with Gasteiger partial charge >= 0.3 is 6.18 Å². The number of anilines is 1. The quantitative estimate of drug-likeness (QED) is 0.610. The summed E-state index contributed by atoms with van der Waals surface area (Å²) in [5.74, 6) is 0.382. The van der Waals surface area contributed by atoms with Gasteiger partial charge < -0.3 is 9.88 Å². The number of benzene rings is 1. The summed E-state index contributed by atoms with van der Waals surface area (Å²) in [5, 5.41) is 0.892. The van der Waals surface area contributed by atoms with Crippen LogP contribution < -0.4 is 4.90 Å². The van der Waals surface area contributed by atoms with Gasteiger partial charge in [0.05, 0.1) is 17.1 Å². The molecule has 3 heterocycles. The second kappa shape index (κ2) is 7.92. The van der Waals surface area contributed by atoms with Gasteiger partial charge in [-0.25, -0.2) is 4.98 Å². The molecule has 1 N–H and O–H groups in total. The first kappa shape index (κ1) is 20.7. The van der Waals surface area contributed by atoms with Crippen LogP contribution in [0.3, 0.4) is 0 Å². The van der Waals surface area contributed by atoms with Crippen molar-refractivity contribution in [3.8, 4) is 0 Å². The minimum absolute atomic E-state index is 0.0243. The summed E-state index contributed by atoms with van der Waals surface area (Å²) in [7, 11) is 0. The Morgan fingerprint density at radius 1 is 1.20 bits per heavy atom. The average Bonchev–Trinajstić information content (AvgIpc) is 3.03. The normalized spacial score (nSPS) is 15.7. The molecule has 9 heteroatoms. The second-order valence-electron chi connectivity index (χ2n) is 7.38. The molecule has 3 aromatic rings. The maximum absolute atomic E-state index is 12.9. The predicted octanol–water partition coefficient (Wildman–Crippen LogP) is 4.55. The number of rotatable bonds is 4. The Bertz CT molecular complexity index is 1090. The number of fused-ring (bicyclic) bond motifs is 1. The molecule has 0 amide bonds. The Balaban J connectivity index is 1.41. The number of Topliss-reactive ketones (excluding diaryl/α,β-unsaturated/α-hetero) is 1. The van der Waals surface area contributed by atoms with Crippen molar-refractivity contribution in [2.75, 3.05) is 37.6 Å². The van der Waals surface area contributed by atoms with Gasteiger partial charge in [-0.15, -0.1) is 0 Å². The van der Waals surface area contributed by atoms with Gasteiger partial charge in [-0.3, -0.25) is 9.69 Å². The predicted molar refractivity (Wildman–Crippen MR) is 110 cm³/mol. The highest BCUT2D eigenvalue weighted by Crippen LogP contribution is 2.33. The molecule has 0 bridgehead atoms. The van der Waals surface area contributed by atoms with E-state index < -0.39 is 11.7 Å². The summed E-state index contributed by atoms with van der Waals surface area (Å²) < 4.78 is 38.4. The molecule has 0 spiro atoms. The number of hydrogen-bond acceptors (Lipinski definition) is 4. The number of carbonyl (C=O) groups excluding carboxylic acids is 1. The third-order valence-corrected chi connectivity index (χ3v) is 5.64. The summed E-state index contributed by atoms with van der Waals surface area (Å²) in [6.45, 7) is 4.41. The van der Waals surface area contributed by atoms with Crippen molar-refractivity contribution < 1.29 is 18.0 Å². The molecule has 1 fully saturated rings. The number of ketones is 1. The lowest BCUT2D eigenvalue weighted by Crippen LogP contribution is -2.48. The Kier molecular flexibility index (Phi) is 5.46. The van der Waals surface area contributed by atoms with E-state index in [0.717, 1.165) is 28.9 Å². The highest BCUT2D eigenvalue weighted by molar-refractivity contribution is 6.33. The van der Waals surface area contributed by atoms with E-state index in [1.54, 1.807) is 0 Å². The van der Waals surface area contributed by atoms with E-state index in [1.165, 1.54) is 0 Å². The Morgan fingerprint density at radius 2 is 1.90 bits per heavy atom. The van der Waals surface area contributed by atoms with Crippen LogP contribution in [-0.2, 0) is 6.18 Å². The summed E-state index contributed by atoms with van der Waals surface area (Å²) in [6, 6.07) is 8.61. The summed E-state index contributed by atoms with van der Waals surface area (Å²) >= 11 is 6.05. The van der Waals surface area contributed by atoms with E-state index in [-0.39, 0.29) is 17.4 Å². The Labute approximate surface area is 176 Å². The molecule has 4 rings (SSSR count). The first-order chi connectivity index (χ1) is 14.2. The lowest BCUT2D eigenvalue weighted by molar-refractivity contribution is -0.137. The standard InChI is InChI=1S/C21H20ClF3N4O/c1-13-19(15-4-2-3-5-17(15)27-13)18(30)12-28-6-8-29(9-7-28)20-16(22)10-14(11-26-20)21(23,24)25/h2-5,10-11,27H,6-9,12H2,1H3. The molecule has 30 heavy (non-hydrogen) atoms. The van der Waals surface area contributed by atoms with Crippen molar-refractivity contribution in [1.82, 2.24) is 14.9 Å². The third-order valence-electron chi connectivity index (χ3n) is 5.36. The van der Waals surface area contributed by atoms with Gasteiger partial charge in [-0.1, -0.05) is 29.8 Å². The smallest absolute Gasteiger partial charge is 0.358 e. The number of halogens is 4. The van der Waals surface area contributed by atoms with Crippen molar-refractivity contribution >= 4 is 34.1 Å². The SMILES string of the molecule is Cc1[nH]c2ccccc2c1C(=O)CN1CCN(c2ncc(C(F)(F)F)cc2Cl)CC1. The largest absolute Gasteiger partial charge is 0.417 e. The van der Waals surface area contributed by atoms with Gasteiger partial charge in [-0.05, 0) is 19.1 Å². The van der Waals surface area contributed by atoms with Crippen LogP contribution in [0.1, 0.15) is 21.6 Å². The Hall–Kier alpha value is -2.58. The van der Waals surface area contributed by atoms with Gasteiger partial charge in [0, 0.05) is 54.5 Å². The van der Waals surface area contributed by atoms with E-state index >= 15 is 0 Å². The van der Waals surface area contributed by atoms with Gasteiger partial charge in [0.1, 0.15) is 5.82 Å². The number of nitrogens with one attached hydrogen (secondary N) is 1. The molecule has 1 saturated heterocycles. The number of piperazine rings is 1. The molecule has 1 aliphatic rings. The molecular weight excluding hydrogens is 417 g/mol. The molecular formula is C21H20ClF3N4O. The molecule has 5 nitrogen and oxygen atoms in total. The van der Waals surface area contributed by atoms with Crippen molar-refractivity contribution in [2.24, 2.45) is 0 Å². The maximum atomic E-state index is 12.9. The first-order valence-electron chi connectivity index (χ1n) is 9.54. The number of H-pyrrole nitrogens is 1. The van der Waals surface area contributed by atoms with Crippen LogP contribution in [0.25, 0.3) is 10.9 Å². The minimum Gasteiger partial charge on any atom is -0.358 e. The highest BCUT2D eigenvalue weighted by atomic mass is 35.5. The summed E-state index contributed by atoms with van der Waals surface area (Å²) in [4.78, 5) is 24.0. The van der Waals surface area contributed by atoms with Gasteiger partial charge in [0.15, 0.2) is 5.78 Å². The van der Waals surface area contributed by atoms with E-state index in [9.17, 15) is 18.0 Å². The topological polar surface area (TPSA) is 52.2 Å². The molecule has 0 saturated carbocycles. The van der Waals surface area contributed by atoms with Crippen LogP contribution in [0, 0.1) is 6.92 Å². The zero-order valence-corrected chi connectivity index (χ0v) is 17.0. The molecule has 0 unspecified atom stereocenters. The lowest BCUT2D eigenvalue weighted by atomic mass is 10.1. The van der Waals surface area contributed by atoms with Crippen LogP contribution in [0.15, 0.2) is 36.5 Å². The van der Waals surface area contributed by atoms with Gasteiger partial charge in [0.25, 0.3) is 0 Å². The van der Waals surface area contributed by atoms with E-state index in [4.69, 9.17) is 11.6 Å². The van der Waals surface area contributed by atoms with E-state index in [2.05, 4.69) is 9.97 Å². The fourth-order valence-electron chi connectivity index (χ4n) is 3.85. The highest BCUT2D eigenvalue weighted by Gasteiger charge is 2.32. The fraction of sp³-hybridized carbons (Fsp3) is 0.333. The molecule has 0 aliphatic carbocycles. The zero-order valence-electron chi connectivity index (χ0n) is 16.3. The van der Waals surface area contributed by atoms with Gasteiger partial charge in [-0.2, -0.15) is 13.2 Å². The number of nitrogens with zero attached hydrogens (tertiary/aromatic N) is 3. The summed E-state index contributed by atoms with van der Waals surface area (Å²) in [5.41, 5.74) is 1.63. The fourth-order valence-corrected chi connectivity index (χ4v) is 4.14. The number of para-hydroxylation sites is 1. The summed E-state index contributed by atoms with van der Waals surface area (Å²) in [6.07, 6.45) is -3.67. The van der Waals surface area contributed by atoms with E-state index in [0.29, 0.717) is 37.6 Å². The molecule has 158 valence electrons. The zero-order chi connectivity index (χ0) is 21.5. The first-order valence-corrected chi connectivity index (χ1v) is 9.92. The van der Waals surface area contributed by atoms with E-state index in [1.807, 2.05) is 41.0 Å². The number of pyridine rings is 1. The number of hydrogen-bond donors (Lipinski definition) is 1. The van der Waals surface area contributed by atoms with Crippen LogP contribution >= 0.6 is 11.6 Å². The van der Waals surface area contributed by atoms with Crippen molar-refractivity contribution in [3.05, 3.63) is 58.4 Å². The second-order valence-corrected chi connectivity index (χ2v) is 7.79. The van der Waals surface area contributed by atoms with Crippen LogP contribution in [0.5, 0.6) is 0 Å². The number of aromatic nitrogens is 2. The van der Waals surface area contributed by atoms with Crippen LogP contribution in [0.2, 0.25) is 5.02 Å². The Morgan fingerprint density at radius 3 is 2.57 bits per heavy atom. The molecule has 0 radical (unpaired) electrons. The third kappa shape index (κ3) is 4.02. The van der Waals surface area contributed by atoms with Crippen LogP contribution in [-0.4, -0.2) is 53.4 Å². The van der Waals surface area contributed by atoms with Crippen LogP contribution in [0.4, 0.5) is 19.0 Å². The van der Waals surface area contributed by atoms with Crippen molar-refractivity contribution in [1.29, 1.82) is 0 Å². The lowest BCUT2D eigenvalue weighted by Gasteiger charge is -2.35.